The molecule has 2 aromatic carbocycles. The number of Topliss-reactive ketones (excluding diaryl/α,β-unsaturated/α-hetero) is 1. The monoisotopic (exact) mass is 469 g/mol. The highest BCUT2D eigenvalue weighted by molar-refractivity contribution is 9.10. The molecule has 0 aliphatic carbocycles. The van der Waals surface area contributed by atoms with E-state index in [0.717, 1.165) is 10.0 Å². The molecule has 1 N–H and O–H groups in total. The number of aliphatic hydroxyl groups is 1. The first-order chi connectivity index (χ1) is 14.4. The molecule has 0 radical (unpaired) electrons. The molecule has 1 atom stereocenters. The Morgan fingerprint density at radius 2 is 1.90 bits per heavy atom. The molecule has 0 saturated carbocycles. The molecule has 0 bridgehead atoms. The summed E-state index contributed by atoms with van der Waals surface area (Å²) < 4.78 is 19.6. The molecule has 1 unspecified atom stereocenters. The van der Waals surface area contributed by atoms with Gasteiger partial charge in [-0.25, -0.2) is 4.39 Å². The summed E-state index contributed by atoms with van der Waals surface area (Å²) in [5.74, 6) is -1.86. The molecule has 1 aromatic heterocycles. The molecule has 5 nitrogen and oxygen atoms in total. The Labute approximate surface area is 180 Å². The lowest BCUT2D eigenvalue weighted by Gasteiger charge is -2.23. The smallest absolute Gasteiger partial charge is 0.296 e. The van der Waals surface area contributed by atoms with E-state index in [1.807, 2.05) is 6.92 Å². The number of rotatable bonds is 4. The third-order valence-corrected chi connectivity index (χ3v) is 5.94. The average Bonchev–Trinajstić information content (AvgIpc) is 3.34. The number of carbonyl (C=O) groups is 2. The molecule has 4 rings (SSSR count). The molecule has 2 heterocycles. The first-order valence-electron chi connectivity index (χ1n) is 9.19. The van der Waals surface area contributed by atoms with Crippen LogP contribution in [0.4, 0.5) is 4.39 Å². The summed E-state index contributed by atoms with van der Waals surface area (Å²) in [6, 6.07) is 13.2. The molecule has 1 aliphatic rings. The quantitative estimate of drug-likeness (QED) is 0.327. The summed E-state index contributed by atoms with van der Waals surface area (Å²) >= 11 is 3.41. The van der Waals surface area contributed by atoms with Crippen LogP contribution in [0, 0.1) is 12.7 Å². The van der Waals surface area contributed by atoms with E-state index in [1.165, 1.54) is 23.3 Å². The molecule has 1 amide bonds. The lowest BCUT2D eigenvalue weighted by atomic mass is 9.98. The number of benzene rings is 2. The van der Waals surface area contributed by atoms with Gasteiger partial charge in [0.1, 0.15) is 23.4 Å². The number of amides is 1. The van der Waals surface area contributed by atoms with Gasteiger partial charge in [0.2, 0.25) is 0 Å². The predicted octanol–water partition coefficient (Wildman–Crippen LogP) is 5.11. The van der Waals surface area contributed by atoms with E-state index in [2.05, 4.69) is 15.9 Å². The Kier molecular flexibility index (Phi) is 5.30. The summed E-state index contributed by atoms with van der Waals surface area (Å²) in [6.07, 6.45) is 1.44. The number of likely N-dealkylation sites (tertiary alicyclic amines) is 1. The maximum atomic E-state index is 13.3. The highest BCUT2D eigenvalue weighted by Gasteiger charge is 2.47. The number of furan rings is 1. The lowest BCUT2D eigenvalue weighted by molar-refractivity contribution is -0.140. The van der Waals surface area contributed by atoms with Crippen molar-refractivity contribution in [3.63, 3.8) is 0 Å². The minimum atomic E-state index is -0.894. The molecule has 30 heavy (non-hydrogen) atoms. The van der Waals surface area contributed by atoms with E-state index in [4.69, 9.17) is 4.42 Å². The Morgan fingerprint density at radius 3 is 2.53 bits per heavy atom. The molecule has 1 aliphatic heterocycles. The largest absolute Gasteiger partial charge is 0.507 e. The maximum Gasteiger partial charge on any atom is 0.296 e. The number of halogens is 2. The summed E-state index contributed by atoms with van der Waals surface area (Å²) in [7, 11) is 0. The Hall–Kier alpha value is -3.19. The molecule has 0 spiro atoms. The van der Waals surface area contributed by atoms with Crippen LogP contribution < -0.4 is 0 Å². The predicted molar refractivity (Wildman–Crippen MR) is 112 cm³/mol. The summed E-state index contributed by atoms with van der Waals surface area (Å²) in [5.41, 5.74) is 1.90. The highest BCUT2D eigenvalue weighted by atomic mass is 79.9. The number of hydrogen-bond donors (Lipinski definition) is 1. The van der Waals surface area contributed by atoms with Gasteiger partial charge in [0.15, 0.2) is 0 Å². The van der Waals surface area contributed by atoms with Gasteiger partial charge in [0.25, 0.3) is 11.7 Å². The van der Waals surface area contributed by atoms with Gasteiger partial charge in [0.05, 0.1) is 11.8 Å². The van der Waals surface area contributed by atoms with Gasteiger partial charge in [-0.05, 0) is 54.4 Å². The van der Waals surface area contributed by atoms with Crippen molar-refractivity contribution < 1.29 is 23.5 Å². The number of aliphatic hydroxyl groups excluding tert-OH is 1. The van der Waals surface area contributed by atoms with Crippen LogP contribution in [0.1, 0.15) is 28.5 Å². The number of carbonyl (C=O) groups excluding carboxylic acids is 2. The van der Waals surface area contributed by atoms with Gasteiger partial charge in [-0.1, -0.05) is 34.1 Å². The SMILES string of the molecule is Cc1cc(/C(O)=C2/C(=O)C(=O)N(Cc3ccc(F)cc3)C2c2ccco2)ccc1Br. The fourth-order valence-corrected chi connectivity index (χ4v) is 3.77. The van der Waals surface area contributed by atoms with Crippen LogP contribution >= 0.6 is 15.9 Å². The number of ketones is 1. The van der Waals surface area contributed by atoms with E-state index in [1.54, 1.807) is 42.5 Å². The third-order valence-electron chi connectivity index (χ3n) is 5.05. The van der Waals surface area contributed by atoms with E-state index in [-0.39, 0.29) is 17.9 Å². The molecule has 3 aromatic rings. The van der Waals surface area contributed by atoms with Crippen molar-refractivity contribution in [2.75, 3.05) is 0 Å². The number of nitrogens with zero attached hydrogens (tertiary/aromatic N) is 1. The zero-order valence-corrected chi connectivity index (χ0v) is 17.5. The molecule has 1 fully saturated rings. The Morgan fingerprint density at radius 1 is 1.17 bits per heavy atom. The van der Waals surface area contributed by atoms with Crippen molar-refractivity contribution >= 4 is 33.4 Å². The lowest BCUT2D eigenvalue weighted by Crippen LogP contribution is -2.29. The molecule has 152 valence electrons. The van der Waals surface area contributed by atoms with Gasteiger partial charge < -0.3 is 14.4 Å². The normalized spacial score (nSPS) is 18.2. The van der Waals surface area contributed by atoms with Crippen LogP contribution in [-0.4, -0.2) is 21.7 Å². The standard InChI is InChI=1S/C23H17BrFNO4/c1-13-11-15(6-9-17(13)24)21(27)19-20(18-3-2-10-30-18)26(23(29)22(19)28)12-14-4-7-16(25)8-5-14/h2-11,20,27H,12H2,1H3/b21-19-. The average molecular weight is 470 g/mol. The van der Waals surface area contributed by atoms with E-state index in [9.17, 15) is 19.1 Å². The second-order valence-corrected chi connectivity index (χ2v) is 7.89. The van der Waals surface area contributed by atoms with Crippen molar-refractivity contribution in [1.29, 1.82) is 0 Å². The highest BCUT2D eigenvalue weighted by Crippen LogP contribution is 2.40. The van der Waals surface area contributed by atoms with Crippen molar-refractivity contribution in [1.82, 2.24) is 4.90 Å². The topological polar surface area (TPSA) is 70.8 Å². The van der Waals surface area contributed by atoms with Gasteiger partial charge in [0, 0.05) is 16.6 Å². The van der Waals surface area contributed by atoms with E-state index >= 15 is 0 Å². The maximum absolute atomic E-state index is 13.3. The Bertz CT molecular complexity index is 1150. The van der Waals surface area contributed by atoms with Crippen LogP contribution in [0.5, 0.6) is 0 Å². The molecule has 1 saturated heterocycles. The molecular formula is C23H17BrFNO4. The van der Waals surface area contributed by atoms with E-state index < -0.39 is 23.5 Å². The number of hydrogen-bond acceptors (Lipinski definition) is 4. The van der Waals surface area contributed by atoms with Crippen LogP contribution in [0.2, 0.25) is 0 Å². The zero-order valence-electron chi connectivity index (χ0n) is 15.9. The second kappa shape index (κ2) is 7.91. The number of aryl methyl sites for hydroxylation is 1. The Balaban J connectivity index is 1.82. The fraction of sp³-hybridized carbons (Fsp3) is 0.130. The summed E-state index contributed by atoms with van der Waals surface area (Å²) in [4.78, 5) is 27.1. The summed E-state index contributed by atoms with van der Waals surface area (Å²) in [6.45, 7) is 1.92. The van der Waals surface area contributed by atoms with E-state index in [0.29, 0.717) is 16.9 Å². The van der Waals surface area contributed by atoms with Gasteiger partial charge in [-0.3, -0.25) is 9.59 Å². The van der Waals surface area contributed by atoms with Crippen molar-refractivity contribution in [2.24, 2.45) is 0 Å². The van der Waals surface area contributed by atoms with Gasteiger partial charge >= 0.3 is 0 Å². The second-order valence-electron chi connectivity index (χ2n) is 7.03. The van der Waals surface area contributed by atoms with Crippen LogP contribution in [0.15, 0.2) is 75.3 Å². The fourth-order valence-electron chi connectivity index (χ4n) is 3.52. The third kappa shape index (κ3) is 3.57. The molecular weight excluding hydrogens is 453 g/mol. The van der Waals surface area contributed by atoms with Crippen molar-refractivity contribution in [2.45, 2.75) is 19.5 Å². The van der Waals surface area contributed by atoms with Gasteiger partial charge in [-0.2, -0.15) is 0 Å². The molecule has 7 heteroatoms. The first kappa shape index (κ1) is 20.1. The van der Waals surface area contributed by atoms with Crippen LogP contribution in [0.25, 0.3) is 5.76 Å². The summed E-state index contributed by atoms with van der Waals surface area (Å²) in [5, 5.41) is 11.0. The van der Waals surface area contributed by atoms with Crippen LogP contribution in [0.3, 0.4) is 0 Å². The van der Waals surface area contributed by atoms with Crippen molar-refractivity contribution in [3.8, 4) is 0 Å². The minimum Gasteiger partial charge on any atom is -0.507 e. The first-order valence-corrected chi connectivity index (χ1v) is 9.99. The zero-order chi connectivity index (χ0) is 21.4. The van der Waals surface area contributed by atoms with Crippen molar-refractivity contribution in [3.05, 3.63) is 99.2 Å². The van der Waals surface area contributed by atoms with Crippen LogP contribution in [-0.2, 0) is 16.1 Å². The minimum absolute atomic E-state index is 0.0428. The van der Waals surface area contributed by atoms with Gasteiger partial charge in [-0.15, -0.1) is 0 Å².